The molecule has 0 saturated heterocycles. The molecule has 0 aliphatic heterocycles. The number of methoxy groups -OCH3 is 1. The van der Waals surface area contributed by atoms with E-state index in [-0.39, 0.29) is 25.1 Å². The summed E-state index contributed by atoms with van der Waals surface area (Å²) in [6.45, 7) is 8.13. The number of ether oxygens (including phenoxy) is 2. The quantitative estimate of drug-likeness (QED) is 0.573. The fourth-order valence-corrected chi connectivity index (χ4v) is 2.18. The van der Waals surface area contributed by atoms with Crippen LogP contribution in [0.5, 0.6) is 0 Å². The molecule has 1 aromatic rings. The third-order valence-corrected chi connectivity index (χ3v) is 3.20. The monoisotopic (exact) mass is 307 g/mol. The van der Waals surface area contributed by atoms with E-state index in [0.29, 0.717) is 12.2 Å². The zero-order valence-corrected chi connectivity index (χ0v) is 14.0. The van der Waals surface area contributed by atoms with Crippen molar-refractivity contribution in [3.63, 3.8) is 0 Å². The topological polar surface area (TPSA) is 55.8 Å². The lowest BCUT2D eigenvalue weighted by atomic mass is 10.1. The van der Waals surface area contributed by atoms with Crippen LogP contribution in [0.3, 0.4) is 0 Å². The van der Waals surface area contributed by atoms with Gasteiger partial charge in [0.15, 0.2) is 0 Å². The second-order valence-corrected chi connectivity index (χ2v) is 5.62. The third-order valence-electron chi connectivity index (χ3n) is 3.20. The molecule has 0 N–H and O–H groups in total. The summed E-state index contributed by atoms with van der Waals surface area (Å²) in [6.07, 6.45) is 0. The maximum atomic E-state index is 12.6. The number of amides is 1. The van der Waals surface area contributed by atoms with E-state index in [4.69, 9.17) is 9.47 Å². The van der Waals surface area contributed by atoms with Gasteiger partial charge in [-0.3, -0.25) is 9.59 Å². The van der Waals surface area contributed by atoms with Gasteiger partial charge in [-0.05, 0) is 39.8 Å². The maximum Gasteiger partial charge on any atom is 0.325 e. The van der Waals surface area contributed by atoms with Crippen LogP contribution in [0, 0.1) is 13.8 Å². The smallest absolute Gasteiger partial charge is 0.325 e. The molecule has 122 valence electrons. The number of hydrogen-bond donors (Lipinski definition) is 0. The van der Waals surface area contributed by atoms with Gasteiger partial charge in [0.2, 0.25) is 0 Å². The van der Waals surface area contributed by atoms with Gasteiger partial charge in [-0.25, -0.2) is 0 Å². The van der Waals surface area contributed by atoms with E-state index >= 15 is 0 Å². The van der Waals surface area contributed by atoms with Crippen molar-refractivity contribution < 1.29 is 19.1 Å². The van der Waals surface area contributed by atoms with Gasteiger partial charge in [0.1, 0.15) is 13.2 Å². The second-order valence-electron chi connectivity index (χ2n) is 5.62. The van der Waals surface area contributed by atoms with Crippen molar-refractivity contribution in [3.05, 3.63) is 34.9 Å². The Bertz CT molecular complexity index is 505. The van der Waals surface area contributed by atoms with Gasteiger partial charge in [0, 0.05) is 18.7 Å². The number of nitrogens with zero attached hydrogens (tertiary/aromatic N) is 1. The summed E-state index contributed by atoms with van der Waals surface area (Å²) in [6, 6.07) is 5.58. The Labute approximate surface area is 132 Å². The molecule has 0 spiro atoms. The molecule has 0 fully saturated rings. The molecule has 0 atom stereocenters. The lowest BCUT2D eigenvalue weighted by Crippen LogP contribution is -2.41. The van der Waals surface area contributed by atoms with Crippen molar-refractivity contribution in [2.45, 2.75) is 33.7 Å². The molecule has 1 aromatic carbocycles. The minimum absolute atomic E-state index is 0.0623. The Morgan fingerprint density at radius 3 is 2.18 bits per heavy atom. The standard InChI is InChI=1S/C17H25NO4/c1-12(2)18(11-16(19)22-7-6-21-5)17(20)15-9-13(3)8-14(4)10-15/h8-10,12H,6-7,11H2,1-5H3. The van der Waals surface area contributed by atoms with Gasteiger partial charge < -0.3 is 14.4 Å². The molecule has 0 aliphatic carbocycles. The summed E-state index contributed by atoms with van der Waals surface area (Å²) in [5, 5.41) is 0. The molecule has 1 amide bonds. The fourth-order valence-electron chi connectivity index (χ4n) is 2.18. The highest BCUT2D eigenvalue weighted by Crippen LogP contribution is 2.13. The van der Waals surface area contributed by atoms with E-state index in [1.165, 1.54) is 12.0 Å². The molecular weight excluding hydrogens is 282 g/mol. The van der Waals surface area contributed by atoms with Crippen LogP contribution in [0.4, 0.5) is 0 Å². The van der Waals surface area contributed by atoms with E-state index in [9.17, 15) is 9.59 Å². The lowest BCUT2D eigenvalue weighted by molar-refractivity contribution is -0.146. The summed E-state index contributed by atoms with van der Waals surface area (Å²) in [7, 11) is 1.54. The lowest BCUT2D eigenvalue weighted by Gasteiger charge is -2.26. The zero-order chi connectivity index (χ0) is 16.7. The Kier molecular flexibility index (Phi) is 7.05. The minimum atomic E-state index is -0.427. The van der Waals surface area contributed by atoms with Crippen LogP contribution in [0.15, 0.2) is 18.2 Å². The molecule has 1 rings (SSSR count). The molecule has 0 aromatic heterocycles. The van der Waals surface area contributed by atoms with Crippen LogP contribution in [0.1, 0.15) is 35.3 Å². The molecule has 0 unspecified atom stereocenters. The van der Waals surface area contributed by atoms with E-state index in [0.717, 1.165) is 11.1 Å². The first-order chi connectivity index (χ1) is 10.3. The maximum absolute atomic E-state index is 12.6. The highest BCUT2D eigenvalue weighted by molar-refractivity contribution is 5.96. The van der Waals surface area contributed by atoms with Crippen molar-refractivity contribution in [3.8, 4) is 0 Å². The van der Waals surface area contributed by atoms with E-state index in [2.05, 4.69) is 0 Å². The summed E-state index contributed by atoms with van der Waals surface area (Å²) in [5.41, 5.74) is 2.64. The largest absolute Gasteiger partial charge is 0.462 e. The molecular formula is C17H25NO4. The Balaban J connectivity index is 2.81. The summed E-state index contributed by atoms with van der Waals surface area (Å²) < 4.78 is 9.87. The van der Waals surface area contributed by atoms with Gasteiger partial charge in [0.25, 0.3) is 5.91 Å². The molecule has 22 heavy (non-hydrogen) atoms. The molecule has 0 saturated carbocycles. The Morgan fingerprint density at radius 2 is 1.68 bits per heavy atom. The van der Waals surface area contributed by atoms with E-state index < -0.39 is 5.97 Å². The summed E-state index contributed by atoms with van der Waals surface area (Å²) in [4.78, 5) is 26.0. The van der Waals surface area contributed by atoms with Crippen molar-refractivity contribution in [2.24, 2.45) is 0 Å². The number of benzene rings is 1. The van der Waals surface area contributed by atoms with Crippen LogP contribution >= 0.6 is 0 Å². The first kappa shape index (κ1) is 18.2. The fraction of sp³-hybridized carbons (Fsp3) is 0.529. The number of aryl methyl sites for hydroxylation is 2. The number of esters is 1. The summed E-state index contributed by atoms with van der Waals surface area (Å²) >= 11 is 0. The molecule has 0 radical (unpaired) electrons. The van der Waals surface area contributed by atoms with Gasteiger partial charge in [-0.2, -0.15) is 0 Å². The molecule has 5 heteroatoms. The first-order valence-corrected chi connectivity index (χ1v) is 7.39. The Morgan fingerprint density at radius 1 is 1.09 bits per heavy atom. The number of hydrogen-bond acceptors (Lipinski definition) is 4. The van der Waals surface area contributed by atoms with Crippen molar-refractivity contribution in [1.29, 1.82) is 0 Å². The summed E-state index contributed by atoms with van der Waals surface area (Å²) in [5.74, 6) is -0.589. The van der Waals surface area contributed by atoms with Crippen LogP contribution in [-0.2, 0) is 14.3 Å². The average Bonchev–Trinajstić information content (AvgIpc) is 2.43. The average molecular weight is 307 g/mol. The highest BCUT2D eigenvalue weighted by Gasteiger charge is 2.22. The highest BCUT2D eigenvalue weighted by atomic mass is 16.6. The van der Waals surface area contributed by atoms with Gasteiger partial charge >= 0.3 is 5.97 Å². The SMILES string of the molecule is COCCOC(=O)CN(C(=O)c1cc(C)cc(C)c1)C(C)C. The predicted octanol–water partition coefficient (Wildman–Crippen LogP) is 2.34. The van der Waals surface area contributed by atoms with Crippen molar-refractivity contribution in [1.82, 2.24) is 4.90 Å². The van der Waals surface area contributed by atoms with Crippen LogP contribution in [0.2, 0.25) is 0 Å². The number of carbonyl (C=O) groups is 2. The van der Waals surface area contributed by atoms with Gasteiger partial charge in [-0.1, -0.05) is 17.2 Å². The van der Waals surface area contributed by atoms with Gasteiger partial charge in [0.05, 0.1) is 6.61 Å². The molecule has 0 heterocycles. The first-order valence-electron chi connectivity index (χ1n) is 7.39. The van der Waals surface area contributed by atoms with E-state index in [1.807, 2.05) is 45.9 Å². The molecule has 0 bridgehead atoms. The number of rotatable bonds is 7. The Hall–Kier alpha value is -1.88. The normalized spacial score (nSPS) is 10.6. The van der Waals surface area contributed by atoms with Crippen molar-refractivity contribution in [2.75, 3.05) is 26.9 Å². The third kappa shape index (κ3) is 5.48. The van der Waals surface area contributed by atoms with Crippen molar-refractivity contribution >= 4 is 11.9 Å². The second kappa shape index (κ2) is 8.54. The van der Waals surface area contributed by atoms with Crippen LogP contribution in [0.25, 0.3) is 0 Å². The molecule has 0 aliphatic rings. The molecule has 5 nitrogen and oxygen atoms in total. The zero-order valence-electron chi connectivity index (χ0n) is 14.0. The van der Waals surface area contributed by atoms with Crippen LogP contribution in [-0.4, -0.2) is 49.7 Å². The number of carbonyl (C=O) groups excluding carboxylic acids is 2. The predicted molar refractivity (Wildman–Crippen MR) is 84.9 cm³/mol. The van der Waals surface area contributed by atoms with Crippen LogP contribution < -0.4 is 0 Å². The minimum Gasteiger partial charge on any atom is -0.462 e. The van der Waals surface area contributed by atoms with E-state index in [1.54, 1.807) is 0 Å². The van der Waals surface area contributed by atoms with Gasteiger partial charge in [-0.15, -0.1) is 0 Å².